The summed E-state index contributed by atoms with van der Waals surface area (Å²) in [7, 11) is 0. The molecule has 110 valence electrons. The number of rotatable bonds is 4. The fourth-order valence-corrected chi connectivity index (χ4v) is 2.31. The standard InChI is InChI=1S/C13H20N4O3/c18-8-11(16-12(19)10-7-14-9-15-10)13(20)17-5-3-1-2-4-6-17/h7,9,11,18H,1-6,8H2,(H,14,15)(H,16,19). The lowest BCUT2D eigenvalue weighted by atomic mass is 10.2. The molecule has 3 N–H and O–H groups in total. The lowest BCUT2D eigenvalue weighted by Crippen LogP contribution is -2.50. The Balaban J connectivity index is 1.96. The average Bonchev–Trinajstić information content (AvgIpc) is 2.86. The number of aromatic amines is 1. The van der Waals surface area contributed by atoms with E-state index in [1.165, 1.54) is 12.5 Å². The Morgan fingerprint density at radius 2 is 2.05 bits per heavy atom. The van der Waals surface area contributed by atoms with Crippen molar-refractivity contribution in [2.75, 3.05) is 19.7 Å². The molecule has 1 atom stereocenters. The van der Waals surface area contributed by atoms with Crippen LogP contribution < -0.4 is 5.32 Å². The highest BCUT2D eigenvalue weighted by atomic mass is 16.3. The predicted molar refractivity (Wildman–Crippen MR) is 72.0 cm³/mol. The van der Waals surface area contributed by atoms with Gasteiger partial charge >= 0.3 is 0 Å². The number of aliphatic hydroxyl groups excluding tert-OH is 1. The third-order valence-corrected chi connectivity index (χ3v) is 3.45. The van der Waals surface area contributed by atoms with Gasteiger partial charge in [0.05, 0.1) is 19.1 Å². The highest BCUT2D eigenvalue weighted by molar-refractivity contribution is 5.96. The third kappa shape index (κ3) is 3.57. The molecule has 1 aromatic heterocycles. The molecule has 1 fully saturated rings. The minimum atomic E-state index is -0.899. The summed E-state index contributed by atoms with van der Waals surface area (Å²) in [5.74, 6) is -0.660. The Labute approximate surface area is 117 Å². The number of imidazole rings is 1. The number of H-pyrrole nitrogens is 1. The van der Waals surface area contributed by atoms with E-state index in [2.05, 4.69) is 15.3 Å². The maximum absolute atomic E-state index is 12.3. The number of carbonyl (C=O) groups excluding carboxylic acids is 2. The minimum Gasteiger partial charge on any atom is -0.394 e. The normalized spacial score (nSPS) is 17.4. The van der Waals surface area contributed by atoms with Crippen molar-refractivity contribution in [3.63, 3.8) is 0 Å². The highest BCUT2D eigenvalue weighted by Crippen LogP contribution is 2.11. The summed E-state index contributed by atoms with van der Waals surface area (Å²) in [6.07, 6.45) is 6.94. The number of likely N-dealkylation sites (tertiary alicyclic amines) is 1. The van der Waals surface area contributed by atoms with Crippen LogP contribution in [-0.2, 0) is 4.79 Å². The molecule has 7 heteroatoms. The van der Waals surface area contributed by atoms with Crippen LogP contribution in [0, 0.1) is 0 Å². The summed E-state index contributed by atoms with van der Waals surface area (Å²) >= 11 is 0. The zero-order valence-electron chi connectivity index (χ0n) is 11.3. The molecule has 7 nitrogen and oxygen atoms in total. The van der Waals surface area contributed by atoms with E-state index in [1.54, 1.807) is 4.90 Å². The van der Waals surface area contributed by atoms with E-state index in [9.17, 15) is 14.7 Å². The van der Waals surface area contributed by atoms with E-state index in [1.807, 2.05) is 0 Å². The van der Waals surface area contributed by atoms with Gasteiger partial charge in [0.1, 0.15) is 11.7 Å². The van der Waals surface area contributed by atoms with Crippen molar-refractivity contribution in [3.8, 4) is 0 Å². The molecule has 1 saturated heterocycles. The summed E-state index contributed by atoms with van der Waals surface area (Å²) in [6.45, 7) is 0.972. The Kier molecular flexibility index (Phi) is 5.11. The first kappa shape index (κ1) is 14.5. The van der Waals surface area contributed by atoms with Crippen LogP contribution in [0.25, 0.3) is 0 Å². The zero-order chi connectivity index (χ0) is 14.4. The van der Waals surface area contributed by atoms with Gasteiger partial charge in [-0.15, -0.1) is 0 Å². The molecule has 0 radical (unpaired) electrons. The van der Waals surface area contributed by atoms with Crippen LogP contribution in [0.1, 0.15) is 36.2 Å². The molecule has 2 heterocycles. The number of aliphatic hydroxyl groups is 1. The summed E-state index contributed by atoms with van der Waals surface area (Å²) in [4.78, 5) is 32.3. The van der Waals surface area contributed by atoms with Gasteiger partial charge in [-0.3, -0.25) is 9.59 Å². The van der Waals surface area contributed by atoms with Crippen molar-refractivity contribution in [2.24, 2.45) is 0 Å². The molecular formula is C13H20N4O3. The molecule has 1 aliphatic heterocycles. The molecule has 2 rings (SSSR count). The van der Waals surface area contributed by atoms with Crippen molar-refractivity contribution >= 4 is 11.8 Å². The average molecular weight is 280 g/mol. The Morgan fingerprint density at radius 3 is 2.60 bits per heavy atom. The maximum atomic E-state index is 12.3. The SMILES string of the molecule is O=C(NC(CO)C(=O)N1CCCCCC1)c1cnc[nH]1. The Bertz CT molecular complexity index is 438. The number of nitrogens with one attached hydrogen (secondary N) is 2. The lowest BCUT2D eigenvalue weighted by molar-refractivity contribution is -0.134. The molecule has 0 bridgehead atoms. The van der Waals surface area contributed by atoms with Gasteiger partial charge in [-0.05, 0) is 12.8 Å². The predicted octanol–water partition coefficient (Wildman–Crippen LogP) is -0.0970. The first-order valence-corrected chi connectivity index (χ1v) is 6.91. The van der Waals surface area contributed by atoms with Crippen LogP contribution in [0.3, 0.4) is 0 Å². The summed E-state index contributed by atoms with van der Waals surface area (Å²) in [5.41, 5.74) is 0.270. The smallest absolute Gasteiger partial charge is 0.270 e. The minimum absolute atomic E-state index is 0.220. The van der Waals surface area contributed by atoms with Gasteiger partial charge in [0.25, 0.3) is 5.91 Å². The van der Waals surface area contributed by atoms with E-state index < -0.39 is 18.6 Å². The van der Waals surface area contributed by atoms with Gasteiger partial charge in [0.2, 0.25) is 5.91 Å². The van der Waals surface area contributed by atoms with E-state index in [0.29, 0.717) is 13.1 Å². The second-order valence-electron chi connectivity index (χ2n) is 4.91. The second-order valence-corrected chi connectivity index (χ2v) is 4.91. The van der Waals surface area contributed by atoms with E-state index in [4.69, 9.17) is 0 Å². The molecule has 0 aromatic carbocycles. The number of hydrogen-bond donors (Lipinski definition) is 3. The molecular weight excluding hydrogens is 260 g/mol. The molecule has 20 heavy (non-hydrogen) atoms. The molecule has 0 saturated carbocycles. The monoisotopic (exact) mass is 280 g/mol. The van der Waals surface area contributed by atoms with Crippen LogP contribution in [-0.4, -0.2) is 57.5 Å². The Hall–Kier alpha value is -1.89. The number of amides is 2. The van der Waals surface area contributed by atoms with Crippen molar-refractivity contribution < 1.29 is 14.7 Å². The fraction of sp³-hybridized carbons (Fsp3) is 0.615. The van der Waals surface area contributed by atoms with Crippen molar-refractivity contribution in [1.29, 1.82) is 0 Å². The van der Waals surface area contributed by atoms with Gasteiger partial charge in [-0.2, -0.15) is 0 Å². The molecule has 2 amide bonds. The zero-order valence-corrected chi connectivity index (χ0v) is 11.3. The third-order valence-electron chi connectivity index (χ3n) is 3.45. The summed E-state index contributed by atoms with van der Waals surface area (Å²) in [6, 6.07) is -0.899. The van der Waals surface area contributed by atoms with Crippen LogP contribution in [0.2, 0.25) is 0 Å². The fourth-order valence-electron chi connectivity index (χ4n) is 2.31. The quantitative estimate of drug-likeness (QED) is 0.717. The van der Waals surface area contributed by atoms with Crippen molar-refractivity contribution in [2.45, 2.75) is 31.7 Å². The first-order valence-electron chi connectivity index (χ1n) is 6.91. The van der Waals surface area contributed by atoms with E-state index in [-0.39, 0.29) is 11.6 Å². The number of aromatic nitrogens is 2. The number of nitrogens with zero attached hydrogens (tertiary/aromatic N) is 2. The van der Waals surface area contributed by atoms with Crippen molar-refractivity contribution in [1.82, 2.24) is 20.2 Å². The molecule has 1 aromatic rings. The molecule has 1 aliphatic rings. The van der Waals surface area contributed by atoms with Gasteiger partial charge in [0, 0.05) is 13.1 Å². The van der Waals surface area contributed by atoms with Crippen LogP contribution in [0.4, 0.5) is 0 Å². The summed E-state index contributed by atoms with van der Waals surface area (Å²) in [5, 5.41) is 11.9. The maximum Gasteiger partial charge on any atom is 0.270 e. The van der Waals surface area contributed by atoms with Crippen LogP contribution in [0.5, 0.6) is 0 Å². The first-order chi connectivity index (χ1) is 9.72. The lowest BCUT2D eigenvalue weighted by Gasteiger charge is -2.25. The largest absolute Gasteiger partial charge is 0.394 e. The van der Waals surface area contributed by atoms with Crippen molar-refractivity contribution in [3.05, 3.63) is 18.2 Å². The van der Waals surface area contributed by atoms with Gasteiger partial charge in [-0.1, -0.05) is 12.8 Å². The van der Waals surface area contributed by atoms with Gasteiger partial charge in [0.15, 0.2) is 0 Å². The highest BCUT2D eigenvalue weighted by Gasteiger charge is 2.26. The van der Waals surface area contributed by atoms with Crippen LogP contribution in [0.15, 0.2) is 12.5 Å². The second kappa shape index (κ2) is 7.04. The molecule has 0 aliphatic carbocycles. The molecule has 0 spiro atoms. The number of hydrogen-bond acceptors (Lipinski definition) is 4. The van der Waals surface area contributed by atoms with E-state index >= 15 is 0 Å². The summed E-state index contributed by atoms with van der Waals surface area (Å²) < 4.78 is 0. The topological polar surface area (TPSA) is 98.3 Å². The molecule has 1 unspecified atom stereocenters. The van der Waals surface area contributed by atoms with Gasteiger partial charge < -0.3 is 20.3 Å². The number of carbonyl (C=O) groups is 2. The van der Waals surface area contributed by atoms with Gasteiger partial charge in [-0.25, -0.2) is 4.98 Å². The van der Waals surface area contributed by atoms with Crippen LogP contribution >= 0.6 is 0 Å². The van der Waals surface area contributed by atoms with E-state index in [0.717, 1.165) is 25.7 Å². The Morgan fingerprint density at radius 1 is 1.35 bits per heavy atom.